The van der Waals surface area contributed by atoms with E-state index in [1.165, 1.54) is 6.07 Å². The average molecular weight is 360 g/mol. The number of hydrogen-bond donors (Lipinski definition) is 0. The molecule has 0 spiro atoms. The Morgan fingerprint density at radius 3 is 2.77 bits per heavy atom. The van der Waals surface area contributed by atoms with Gasteiger partial charge < -0.3 is 9.64 Å². The monoisotopic (exact) mass is 360 g/mol. The minimum absolute atomic E-state index is 0.131. The first-order valence-corrected chi connectivity index (χ1v) is 9.27. The molecule has 0 amide bonds. The standard InChI is InChI=1S/C18H25FN6O/c1-23-8-10-24(11-9-23)17(15-6-2-3-7-16(15)19)18-20-21-22-25(18)13-14-5-4-12-26-14/h2-3,6-7,14,17H,4-5,8-13H2,1H3. The van der Waals surface area contributed by atoms with Gasteiger partial charge in [0, 0.05) is 38.3 Å². The van der Waals surface area contributed by atoms with Crippen molar-refractivity contribution in [2.24, 2.45) is 0 Å². The SMILES string of the molecule is CN1CCN(C(c2ccccc2F)c2nnnn2CC2CCCO2)CC1. The summed E-state index contributed by atoms with van der Waals surface area (Å²) < 4.78 is 22.2. The number of aromatic nitrogens is 4. The molecular weight excluding hydrogens is 335 g/mol. The smallest absolute Gasteiger partial charge is 0.173 e. The van der Waals surface area contributed by atoms with Crippen molar-refractivity contribution in [3.63, 3.8) is 0 Å². The summed E-state index contributed by atoms with van der Waals surface area (Å²) in [5.74, 6) is 0.471. The largest absolute Gasteiger partial charge is 0.376 e. The summed E-state index contributed by atoms with van der Waals surface area (Å²) in [5, 5.41) is 12.4. The lowest BCUT2D eigenvalue weighted by atomic mass is 10.0. The summed E-state index contributed by atoms with van der Waals surface area (Å²) in [6, 6.07) is 6.64. The number of hydrogen-bond acceptors (Lipinski definition) is 6. The highest BCUT2D eigenvalue weighted by Crippen LogP contribution is 2.30. The molecule has 2 fully saturated rings. The Kier molecular flexibility index (Phi) is 5.23. The third kappa shape index (κ3) is 3.62. The van der Waals surface area contributed by atoms with Gasteiger partial charge in [0.1, 0.15) is 11.9 Å². The number of ether oxygens (including phenoxy) is 1. The molecule has 26 heavy (non-hydrogen) atoms. The van der Waals surface area contributed by atoms with E-state index < -0.39 is 0 Å². The lowest BCUT2D eigenvalue weighted by Gasteiger charge is -2.37. The van der Waals surface area contributed by atoms with Crippen molar-refractivity contribution in [2.75, 3.05) is 39.8 Å². The molecule has 2 aliphatic rings. The third-order valence-electron chi connectivity index (χ3n) is 5.31. The van der Waals surface area contributed by atoms with E-state index in [0.717, 1.165) is 45.6 Å². The average Bonchev–Trinajstić information content (AvgIpc) is 3.31. The summed E-state index contributed by atoms with van der Waals surface area (Å²) in [6.45, 7) is 4.99. The lowest BCUT2D eigenvalue weighted by molar-refractivity contribution is 0.0876. The van der Waals surface area contributed by atoms with Gasteiger partial charge in [-0.25, -0.2) is 9.07 Å². The first-order valence-electron chi connectivity index (χ1n) is 9.27. The van der Waals surface area contributed by atoms with Crippen LogP contribution in [0.1, 0.15) is 30.3 Å². The van der Waals surface area contributed by atoms with Gasteiger partial charge in [-0.1, -0.05) is 18.2 Å². The summed E-state index contributed by atoms with van der Waals surface area (Å²) in [4.78, 5) is 4.56. The minimum Gasteiger partial charge on any atom is -0.376 e. The highest BCUT2D eigenvalue weighted by Gasteiger charge is 2.32. The molecular formula is C18H25FN6O. The zero-order valence-electron chi connectivity index (χ0n) is 15.1. The van der Waals surface area contributed by atoms with Crippen LogP contribution in [-0.4, -0.2) is 75.9 Å². The van der Waals surface area contributed by atoms with Crippen molar-refractivity contribution < 1.29 is 9.13 Å². The fraction of sp³-hybridized carbons (Fsp3) is 0.611. The van der Waals surface area contributed by atoms with Gasteiger partial charge >= 0.3 is 0 Å². The maximum absolute atomic E-state index is 14.7. The van der Waals surface area contributed by atoms with Crippen LogP contribution in [-0.2, 0) is 11.3 Å². The van der Waals surface area contributed by atoms with Gasteiger partial charge in [-0.05, 0) is 36.4 Å². The van der Waals surface area contributed by atoms with E-state index >= 15 is 0 Å². The van der Waals surface area contributed by atoms with E-state index in [4.69, 9.17) is 4.74 Å². The lowest BCUT2D eigenvalue weighted by Crippen LogP contribution is -2.47. The Hall–Kier alpha value is -1.90. The molecule has 2 aliphatic heterocycles. The Morgan fingerprint density at radius 1 is 1.23 bits per heavy atom. The summed E-state index contributed by atoms with van der Waals surface area (Å²) in [5.41, 5.74) is 0.625. The van der Waals surface area contributed by atoms with Crippen molar-refractivity contribution in [3.05, 3.63) is 41.5 Å². The van der Waals surface area contributed by atoms with Gasteiger partial charge in [-0.15, -0.1) is 5.10 Å². The molecule has 2 atom stereocenters. The van der Waals surface area contributed by atoms with Gasteiger partial charge in [0.2, 0.25) is 0 Å². The number of tetrazole rings is 1. The molecule has 0 bridgehead atoms. The summed E-state index contributed by atoms with van der Waals surface area (Å²) in [6.07, 6.45) is 2.21. The van der Waals surface area contributed by atoms with Gasteiger partial charge in [-0.3, -0.25) is 4.90 Å². The zero-order chi connectivity index (χ0) is 17.9. The van der Waals surface area contributed by atoms with Crippen molar-refractivity contribution >= 4 is 0 Å². The molecule has 4 rings (SSSR count). The number of rotatable bonds is 5. The fourth-order valence-corrected chi connectivity index (χ4v) is 3.79. The van der Waals surface area contributed by atoms with Crippen molar-refractivity contribution in [1.82, 2.24) is 30.0 Å². The second kappa shape index (κ2) is 7.77. The Morgan fingerprint density at radius 2 is 2.04 bits per heavy atom. The number of piperazine rings is 1. The second-order valence-corrected chi connectivity index (χ2v) is 7.12. The zero-order valence-corrected chi connectivity index (χ0v) is 15.1. The van der Waals surface area contributed by atoms with Crippen LogP contribution in [0.15, 0.2) is 24.3 Å². The predicted molar refractivity (Wildman–Crippen MR) is 94.1 cm³/mol. The van der Waals surface area contributed by atoms with Crippen LogP contribution in [0.25, 0.3) is 0 Å². The predicted octanol–water partition coefficient (Wildman–Crippen LogP) is 1.33. The van der Waals surface area contributed by atoms with Crippen LogP contribution < -0.4 is 0 Å². The highest BCUT2D eigenvalue weighted by atomic mass is 19.1. The van der Waals surface area contributed by atoms with Gasteiger partial charge in [-0.2, -0.15) is 0 Å². The number of benzene rings is 1. The Labute approximate surface area is 152 Å². The molecule has 1 aromatic carbocycles. The van der Waals surface area contributed by atoms with Crippen LogP contribution in [0, 0.1) is 5.82 Å². The van der Waals surface area contributed by atoms with E-state index in [-0.39, 0.29) is 18.0 Å². The molecule has 1 aromatic heterocycles. The highest BCUT2D eigenvalue weighted by molar-refractivity contribution is 5.26. The first kappa shape index (κ1) is 17.5. The number of halogens is 1. The van der Waals surface area contributed by atoms with Gasteiger partial charge in [0.15, 0.2) is 5.82 Å². The van der Waals surface area contributed by atoms with E-state index in [1.54, 1.807) is 10.7 Å². The molecule has 8 heteroatoms. The molecule has 2 saturated heterocycles. The molecule has 0 N–H and O–H groups in total. The van der Waals surface area contributed by atoms with E-state index in [0.29, 0.717) is 17.9 Å². The molecule has 140 valence electrons. The second-order valence-electron chi connectivity index (χ2n) is 7.12. The van der Waals surface area contributed by atoms with Crippen molar-refractivity contribution in [1.29, 1.82) is 0 Å². The van der Waals surface area contributed by atoms with Crippen LogP contribution >= 0.6 is 0 Å². The molecule has 7 nitrogen and oxygen atoms in total. The van der Waals surface area contributed by atoms with E-state index in [9.17, 15) is 4.39 Å². The maximum Gasteiger partial charge on any atom is 0.173 e. The van der Waals surface area contributed by atoms with E-state index in [2.05, 4.69) is 32.4 Å². The quantitative estimate of drug-likeness (QED) is 0.802. The van der Waals surface area contributed by atoms with E-state index in [1.807, 2.05) is 12.1 Å². The molecule has 0 aliphatic carbocycles. The minimum atomic E-state index is -0.290. The molecule has 2 aromatic rings. The van der Waals surface area contributed by atoms with Crippen LogP contribution in [0.4, 0.5) is 4.39 Å². The van der Waals surface area contributed by atoms with Crippen LogP contribution in [0.2, 0.25) is 0 Å². The Bertz CT molecular complexity index is 724. The summed E-state index contributed by atoms with van der Waals surface area (Å²) >= 11 is 0. The van der Waals surface area contributed by atoms with Crippen LogP contribution in [0.5, 0.6) is 0 Å². The third-order valence-corrected chi connectivity index (χ3v) is 5.31. The number of nitrogens with zero attached hydrogens (tertiary/aromatic N) is 6. The topological polar surface area (TPSA) is 59.3 Å². The van der Waals surface area contributed by atoms with Crippen molar-refractivity contribution in [3.8, 4) is 0 Å². The molecule has 3 heterocycles. The van der Waals surface area contributed by atoms with Crippen LogP contribution in [0.3, 0.4) is 0 Å². The maximum atomic E-state index is 14.7. The summed E-state index contributed by atoms with van der Waals surface area (Å²) in [7, 11) is 2.11. The van der Waals surface area contributed by atoms with Crippen molar-refractivity contribution in [2.45, 2.75) is 31.5 Å². The normalized spacial score (nSPS) is 23.4. The van der Waals surface area contributed by atoms with Gasteiger partial charge in [0.05, 0.1) is 12.6 Å². The fourth-order valence-electron chi connectivity index (χ4n) is 3.79. The number of likely N-dealkylation sites (N-methyl/N-ethyl adjacent to an activating group) is 1. The molecule has 0 saturated carbocycles. The molecule has 0 radical (unpaired) electrons. The molecule has 2 unspecified atom stereocenters. The van der Waals surface area contributed by atoms with Gasteiger partial charge in [0.25, 0.3) is 0 Å². The Balaban J connectivity index is 1.67. The first-order chi connectivity index (χ1) is 12.7.